The lowest BCUT2D eigenvalue weighted by molar-refractivity contribution is -0.140. The second-order valence-electron chi connectivity index (χ2n) is 8.18. The average molecular weight is 515 g/mol. The van der Waals surface area contributed by atoms with Gasteiger partial charge in [-0.25, -0.2) is 0 Å². The molecule has 0 aliphatic carbocycles. The number of likely N-dealkylation sites (tertiary alicyclic amines) is 1. The minimum Gasteiger partial charge on any atom is -0.507 e. The molecule has 2 aliphatic rings. The van der Waals surface area contributed by atoms with E-state index < -0.39 is 17.7 Å². The maximum absolute atomic E-state index is 13.2. The lowest BCUT2D eigenvalue weighted by Crippen LogP contribution is -2.42. The highest BCUT2D eigenvalue weighted by Gasteiger charge is 2.46. The first-order valence-corrected chi connectivity index (χ1v) is 11.7. The predicted molar refractivity (Wildman–Crippen MR) is 128 cm³/mol. The van der Waals surface area contributed by atoms with Crippen LogP contribution >= 0.6 is 15.9 Å². The van der Waals surface area contributed by atoms with Crippen LogP contribution in [0.1, 0.15) is 22.7 Å². The number of ether oxygens (including phenoxy) is 2. The van der Waals surface area contributed by atoms with E-state index in [1.807, 2.05) is 31.2 Å². The number of hydrogen-bond donors (Lipinski definition) is 1. The molecule has 7 nitrogen and oxygen atoms in total. The van der Waals surface area contributed by atoms with E-state index >= 15 is 0 Å². The second-order valence-corrected chi connectivity index (χ2v) is 9.10. The number of ketones is 1. The highest BCUT2D eigenvalue weighted by Crippen LogP contribution is 2.40. The van der Waals surface area contributed by atoms with E-state index in [-0.39, 0.29) is 11.3 Å². The van der Waals surface area contributed by atoms with E-state index in [0.717, 1.165) is 28.7 Å². The summed E-state index contributed by atoms with van der Waals surface area (Å²) in [6.07, 6.45) is 0. The van der Waals surface area contributed by atoms with Gasteiger partial charge >= 0.3 is 0 Å². The molecule has 33 heavy (non-hydrogen) atoms. The van der Waals surface area contributed by atoms with Gasteiger partial charge in [0, 0.05) is 36.2 Å². The van der Waals surface area contributed by atoms with Gasteiger partial charge in [-0.15, -0.1) is 0 Å². The molecule has 0 bridgehead atoms. The molecule has 2 saturated heterocycles. The molecule has 0 spiro atoms. The highest BCUT2D eigenvalue weighted by atomic mass is 79.9. The molecule has 2 aromatic rings. The highest BCUT2D eigenvalue weighted by molar-refractivity contribution is 9.10. The third-order valence-electron chi connectivity index (χ3n) is 6.15. The molecule has 8 heteroatoms. The Morgan fingerprint density at radius 1 is 1.12 bits per heavy atom. The third kappa shape index (κ3) is 4.83. The summed E-state index contributed by atoms with van der Waals surface area (Å²) in [6, 6.07) is 12.0. The van der Waals surface area contributed by atoms with Crippen molar-refractivity contribution in [1.82, 2.24) is 9.80 Å². The quantitative estimate of drug-likeness (QED) is 0.361. The normalized spacial score (nSPS) is 20.9. The van der Waals surface area contributed by atoms with Gasteiger partial charge < -0.3 is 19.5 Å². The van der Waals surface area contributed by atoms with Gasteiger partial charge in [-0.3, -0.25) is 14.5 Å². The van der Waals surface area contributed by atoms with E-state index in [4.69, 9.17) is 9.47 Å². The zero-order chi connectivity index (χ0) is 23.5. The predicted octanol–water partition coefficient (Wildman–Crippen LogP) is 3.52. The first-order valence-electron chi connectivity index (χ1n) is 10.9. The van der Waals surface area contributed by atoms with Crippen LogP contribution in [0.5, 0.6) is 5.75 Å². The fraction of sp³-hybridized carbons (Fsp3) is 0.360. The Hall–Kier alpha value is -2.68. The zero-order valence-corrected chi connectivity index (χ0v) is 20.3. The Bertz CT molecular complexity index is 1080. The van der Waals surface area contributed by atoms with Crippen LogP contribution < -0.4 is 4.74 Å². The molecule has 174 valence electrons. The first-order chi connectivity index (χ1) is 15.9. The molecule has 0 unspecified atom stereocenters. The lowest BCUT2D eigenvalue weighted by atomic mass is 9.95. The largest absolute Gasteiger partial charge is 0.507 e. The fourth-order valence-electron chi connectivity index (χ4n) is 4.36. The number of aryl methyl sites for hydroxylation is 1. The summed E-state index contributed by atoms with van der Waals surface area (Å²) in [7, 11) is 1.58. The van der Waals surface area contributed by atoms with Crippen LogP contribution in [0.15, 0.2) is 52.5 Å². The number of hydrogen-bond acceptors (Lipinski definition) is 6. The number of methoxy groups -OCH3 is 1. The van der Waals surface area contributed by atoms with Crippen molar-refractivity contribution in [1.29, 1.82) is 0 Å². The smallest absolute Gasteiger partial charge is 0.295 e. The topological polar surface area (TPSA) is 79.3 Å². The average Bonchev–Trinajstić information content (AvgIpc) is 3.08. The van der Waals surface area contributed by atoms with Gasteiger partial charge in [0.15, 0.2) is 0 Å². The second kappa shape index (κ2) is 10.1. The molecule has 0 radical (unpaired) electrons. The Kier molecular flexibility index (Phi) is 7.17. The van der Waals surface area contributed by atoms with Crippen LogP contribution in [-0.4, -0.2) is 73.1 Å². The Morgan fingerprint density at radius 3 is 2.45 bits per heavy atom. The molecule has 1 amide bonds. The number of amides is 1. The number of carbonyl (C=O) groups excluding carboxylic acids is 2. The number of Topliss-reactive ketones (excluding diaryl/α,β-unsaturated/α-hetero) is 1. The van der Waals surface area contributed by atoms with Gasteiger partial charge in [-0.2, -0.15) is 0 Å². The van der Waals surface area contributed by atoms with Crippen LogP contribution in [-0.2, 0) is 14.3 Å². The van der Waals surface area contributed by atoms with E-state index in [0.29, 0.717) is 37.6 Å². The molecule has 1 atom stereocenters. The van der Waals surface area contributed by atoms with Gasteiger partial charge in [0.25, 0.3) is 11.7 Å². The maximum atomic E-state index is 13.2. The zero-order valence-electron chi connectivity index (χ0n) is 18.7. The summed E-state index contributed by atoms with van der Waals surface area (Å²) in [5, 5.41) is 11.2. The molecule has 2 aliphatic heterocycles. The summed E-state index contributed by atoms with van der Waals surface area (Å²) < 4.78 is 11.6. The third-order valence-corrected chi connectivity index (χ3v) is 6.68. The van der Waals surface area contributed by atoms with Crippen LogP contribution in [0.25, 0.3) is 5.76 Å². The van der Waals surface area contributed by atoms with Crippen LogP contribution in [0.3, 0.4) is 0 Å². The summed E-state index contributed by atoms with van der Waals surface area (Å²) in [4.78, 5) is 30.1. The summed E-state index contributed by atoms with van der Waals surface area (Å²) in [5.74, 6) is -0.762. The van der Waals surface area contributed by atoms with Crippen molar-refractivity contribution >= 4 is 33.4 Å². The molecule has 0 aromatic heterocycles. The van der Waals surface area contributed by atoms with Crippen molar-refractivity contribution in [3.8, 4) is 5.75 Å². The lowest BCUT2D eigenvalue weighted by Gasteiger charge is -2.31. The van der Waals surface area contributed by atoms with E-state index in [2.05, 4.69) is 20.8 Å². The Balaban J connectivity index is 1.74. The standard InChI is InChI=1S/C25H27BrN2O5/c1-16-15-18(5-8-20(16)32-2)23(29)21-22(17-3-6-19(26)7-4-17)28(25(31)24(21)30)10-9-27-11-13-33-14-12-27/h3-8,15,22,29H,9-14H2,1-2H3/t22-/m1/s1. The number of morpholine rings is 1. The summed E-state index contributed by atoms with van der Waals surface area (Å²) in [6.45, 7) is 5.77. The number of halogens is 1. The minimum absolute atomic E-state index is 0.105. The van der Waals surface area contributed by atoms with Crippen molar-refractivity contribution in [2.75, 3.05) is 46.5 Å². The molecule has 2 fully saturated rings. The number of nitrogens with zero attached hydrogens (tertiary/aromatic N) is 2. The molecule has 4 rings (SSSR count). The number of carbonyl (C=O) groups is 2. The van der Waals surface area contributed by atoms with Crippen LogP contribution in [0.2, 0.25) is 0 Å². The molecular weight excluding hydrogens is 488 g/mol. The van der Waals surface area contributed by atoms with E-state index in [1.165, 1.54) is 0 Å². The molecular formula is C25H27BrN2O5. The number of aliphatic hydroxyl groups excluding tert-OH is 1. The van der Waals surface area contributed by atoms with Crippen molar-refractivity contribution in [3.63, 3.8) is 0 Å². The van der Waals surface area contributed by atoms with E-state index in [1.54, 1.807) is 30.2 Å². The van der Waals surface area contributed by atoms with Crippen LogP contribution in [0, 0.1) is 6.92 Å². The van der Waals surface area contributed by atoms with Crippen molar-refractivity contribution in [2.24, 2.45) is 0 Å². The van der Waals surface area contributed by atoms with Gasteiger partial charge in [0.2, 0.25) is 0 Å². The van der Waals surface area contributed by atoms with Crippen molar-refractivity contribution in [3.05, 3.63) is 69.2 Å². The van der Waals surface area contributed by atoms with Crippen LogP contribution in [0.4, 0.5) is 0 Å². The monoisotopic (exact) mass is 514 g/mol. The molecule has 1 N–H and O–H groups in total. The first kappa shape index (κ1) is 23.5. The van der Waals surface area contributed by atoms with Gasteiger partial charge in [-0.1, -0.05) is 28.1 Å². The fourth-order valence-corrected chi connectivity index (χ4v) is 4.62. The van der Waals surface area contributed by atoms with Gasteiger partial charge in [0.05, 0.1) is 31.9 Å². The van der Waals surface area contributed by atoms with Gasteiger partial charge in [-0.05, 0) is 48.4 Å². The molecule has 2 aromatic carbocycles. The number of benzene rings is 2. The molecule has 2 heterocycles. The van der Waals surface area contributed by atoms with Crippen molar-refractivity contribution in [2.45, 2.75) is 13.0 Å². The van der Waals surface area contributed by atoms with E-state index in [9.17, 15) is 14.7 Å². The SMILES string of the molecule is COc1ccc(C(O)=C2C(=O)C(=O)N(CCN3CCOCC3)[C@@H]2c2ccc(Br)cc2)cc1C. The maximum Gasteiger partial charge on any atom is 0.295 e. The number of rotatable bonds is 6. The minimum atomic E-state index is -0.670. The molecule has 0 saturated carbocycles. The number of aliphatic hydroxyl groups is 1. The van der Waals surface area contributed by atoms with Gasteiger partial charge in [0.1, 0.15) is 11.5 Å². The summed E-state index contributed by atoms with van der Waals surface area (Å²) >= 11 is 3.44. The summed E-state index contributed by atoms with van der Waals surface area (Å²) in [5.41, 5.74) is 2.17. The van der Waals surface area contributed by atoms with Crippen molar-refractivity contribution < 1.29 is 24.2 Å². The Labute approximate surface area is 201 Å². The Morgan fingerprint density at radius 2 is 1.82 bits per heavy atom.